The summed E-state index contributed by atoms with van der Waals surface area (Å²) in [5.74, 6) is -4.25. The van der Waals surface area contributed by atoms with Crippen molar-refractivity contribution in [2.75, 3.05) is 23.0 Å². The third-order valence-corrected chi connectivity index (χ3v) is 8.26. The Hall–Kier alpha value is -2.03. The van der Waals surface area contributed by atoms with E-state index in [0.717, 1.165) is 28.4 Å². The van der Waals surface area contributed by atoms with Crippen molar-refractivity contribution in [3.63, 3.8) is 0 Å². The molecule has 0 spiro atoms. The maximum absolute atomic E-state index is 12.5. The van der Waals surface area contributed by atoms with Crippen LogP contribution in [0.1, 0.15) is 0 Å². The summed E-state index contributed by atoms with van der Waals surface area (Å²) in [6.07, 6.45) is 0. The fourth-order valence-corrected chi connectivity index (χ4v) is 6.16. The molecule has 0 aromatic carbocycles. The van der Waals surface area contributed by atoms with E-state index in [9.17, 15) is 41.1 Å². The first kappa shape index (κ1) is 26.6. The summed E-state index contributed by atoms with van der Waals surface area (Å²) in [4.78, 5) is 37.1. The number of nitrogens with one attached hydrogen (secondary N) is 1. The number of carbonyl (C=O) groups excluding carboxylic acids is 2. The molecule has 1 saturated heterocycles. The maximum Gasteiger partial charge on any atom is 0.442 e. The van der Waals surface area contributed by atoms with Crippen molar-refractivity contribution in [3.8, 4) is 0 Å². The highest BCUT2D eigenvalue weighted by molar-refractivity contribution is 8.01. The third-order valence-electron chi connectivity index (χ3n) is 4.40. The number of carboxylic acids is 1. The number of hydrogen-bond donors (Lipinski definition) is 3. The molecule has 188 valence electrons. The first-order chi connectivity index (χ1) is 15.8. The SMILES string of the molecule is NS(=O)(=O)CCn1nnnc1SCC1=C(C(=O)O)N2C(=O)C(NC(=O)CSC(F)(F)F)C2SC1. The maximum atomic E-state index is 12.5. The molecule has 0 radical (unpaired) electrons. The van der Waals surface area contributed by atoms with Crippen molar-refractivity contribution in [2.45, 2.75) is 28.6 Å². The van der Waals surface area contributed by atoms with E-state index in [4.69, 9.17) is 5.14 Å². The Balaban J connectivity index is 1.66. The van der Waals surface area contributed by atoms with Gasteiger partial charge in [-0.2, -0.15) is 13.2 Å². The van der Waals surface area contributed by atoms with Gasteiger partial charge in [-0.1, -0.05) is 11.8 Å². The lowest BCUT2D eigenvalue weighted by Gasteiger charge is -2.49. The second kappa shape index (κ2) is 10.3. The summed E-state index contributed by atoms with van der Waals surface area (Å²) in [5.41, 5.74) is -4.54. The number of primary sulfonamides is 1. The highest BCUT2D eigenvalue weighted by Crippen LogP contribution is 2.41. The average Bonchev–Trinajstić information content (AvgIpc) is 3.18. The number of carboxylic acid groups (broad SMARTS) is 1. The number of sulfonamides is 1. The molecule has 1 fully saturated rings. The van der Waals surface area contributed by atoms with E-state index in [2.05, 4.69) is 20.8 Å². The number of aryl methyl sites for hydroxylation is 1. The van der Waals surface area contributed by atoms with Gasteiger partial charge < -0.3 is 10.4 Å². The van der Waals surface area contributed by atoms with Crippen LogP contribution in [0.15, 0.2) is 16.4 Å². The molecule has 3 rings (SSSR count). The number of hydrogen-bond acceptors (Lipinski definition) is 11. The Kier molecular flexibility index (Phi) is 8.05. The summed E-state index contributed by atoms with van der Waals surface area (Å²) in [5, 5.41) is 27.1. The number of amides is 2. The summed E-state index contributed by atoms with van der Waals surface area (Å²) in [7, 11) is -3.76. The molecule has 0 bridgehead atoms. The normalized spacial score (nSPS) is 20.7. The van der Waals surface area contributed by atoms with Crippen LogP contribution in [0, 0.1) is 0 Å². The number of alkyl halides is 3. The second-order valence-corrected chi connectivity index (χ2v) is 11.6. The highest BCUT2D eigenvalue weighted by Gasteiger charge is 2.54. The molecule has 2 aliphatic heterocycles. The van der Waals surface area contributed by atoms with Crippen LogP contribution >= 0.6 is 35.3 Å². The number of aromatic nitrogens is 4. The molecular formula is C14H16F3N7O6S4. The Morgan fingerprint density at radius 2 is 2.06 bits per heavy atom. The molecule has 3 heterocycles. The first-order valence-electron chi connectivity index (χ1n) is 9.06. The highest BCUT2D eigenvalue weighted by atomic mass is 32.2. The van der Waals surface area contributed by atoms with Crippen molar-refractivity contribution in [3.05, 3.63) is 11.3 Å². The lowest BCUT2D eigenvalue weighted by atomic mass is 10.0. The molecule has 13 nitrogen and oxygen atoms in total. The molecule has 2 unspecified atom stereocenters. The van der Waals surface area contributed by atoms with Crippen molar-refractivity contribution in [1.82, 2.24) is 30.4 Å². The fourth-order valence-electron chi connectivity index (χ4n) is 2.96. The third kappa shape index (κ3) is 6.55. The molecule has 2 atom stereocenters. The number of tetrazole rings is 1. The Morgan fingerprint density at radius 1 is 1.35 bits per heavy atom. The van der Waals surface area contributed by atoms with E-state index < -0.39 is 68.0 Å². The molecule has 2 aliphatic rings. The number of nitrogens with zero attached hydrogens (tertiary/aromatic N) is 5. The summed E-state index contributed by atoms with van der Waals surface area (Å²) < 4.78 is 60.2. The van der Waals surface area contributed by atoms with E-state index in [1.54, 1.807) is 0 Å². The molecule has 1 aromatic rings. The van der Waals surface area contributed by atoms with Gasteiger partial charge >= 0.3 is 11.5 Å². The van der Waals surface area contributed by atoms with Gasteiger partial charge in [0, 0.05) is 11.5 Å². The molecular weight excluding hydrogens is 547 g/mol. The van der Waals surface area contributed by atoms with Gasteiger partial charge in [0.05, 0.1) is 18.1 Å². The van der Waals surface area contributed by atoms with E-state index in [-0.39, 0.29) is 28.9 Å². The molecule has 34 heavy (non-hydrogen) atoms. The van der Waals surface area contributed by atoms with Crippen LogP contribution in [-0.2, 0) is 31.0 Å². The average molecular weight is 564 g/mol. The second-order valence-electron chi connectivity index (χ2n) is 6.79. The lowest BCUT2D eigenvalue weighted by Crippen LogP contribution is -2.70. The predicted molar refractivity (Wildman–Crippen MR) is 115 cm³/mol. The van der Waals surface area contributed by atoms with Gasteiger partial charge in [-0.3, -0.25) is 14.5 Å². The van der Waals surface area contributed by atoms with Crippen molar-refractivity contribution >= 4 is 63.1 Å². The van der Waals surface area contributed by atoms with E-state index in [1.807, 2.05) is 0 Å². The zero-order chi connectivity index (χ0) is 25.3. The molecule has 1 aromatic heterocycles. The van der Waals surface area contributed by atoms with E-state index in [1.165, 1.54) is 4.68 Å². The van der Waals surface area contributed by atoms with Gasteiger partial charge in [0.2, 0.25) is 21.1 Å². The summed E-state index contributed by atoms with van der Waals surface area (Å²) in [6, 6.07) is -1.14. The van der Waals surface area contributed by atoms with Crippen molar-refractivity contribution in [1.29, 1.82) is 0 Å². The molecule has 0 saturated carbocycles. The molecule has 0 aliphatic carbocycles. The predicted octanol–water partition coefficient (Wildman–Crippen LogP) is -0.955. The number of halogens is 3. The van der Waals surface area contributed by atoms with Gasteiger partial charge in [0.25, 0.3) is 5.91 Å². The van der Waals surface area contributed by atoms with Gasteiger partial charge in [-0.25, -0.2) is 23.0 Å². The van der Waals surface area contributed by atoms with Gasteiger partial charge in [-0.05, 0) is 27.8 Å². The van der Waals surface area contributed by atoms with Crippen LogP contribution in [0.3, 0.4) is 0 Å². The zero-order valence-corrected chi connectivity index (χ0v) is 20.0. The Labute approximate surface area is 202 Å². The van der Waals surface area contributed by atoms with E-state index >= 15 is 0 Å². The van der Waals surface area contributed by atoms with Crippen molar-refractivity contribution < 1.29 is 41.1 Å². The number of carbonyl (C=O) groups is 3. The van der Waals surface area contributed by atoms with Crippen LogP contribution in [0.2, 0.25) is 0 Å². The monoisotopic (exact) mass is 563 g/mol. The number of aliphatic carboxylic acids is 1. The fraction of sp³-hybridized carbons (Fsp3) is 0.571. The molecule has 4 N–H and O–H groups in total. The lowest BCUT2D eigenvalue weighted by molar-refractivity contribution is -0.150. The largest absolute Gasteiger partial charge is 0.477 e. The van der Waals surface area contributed by atoms with E-state index in [0.29, 0.717) is 5.57 Å². The summed E-state index contributed by atoms with van der Waals surface area (Å²) in [6.45, 7) is -0.117. The van der Waals surface area contributed by atoms with Gasteiger partial charge in [0.15, 0.2) is 0 Å². The van der Waals surface area contributed by atoms with Gasteiger partial charge in [-0.15, -0.1) is 16.9 Å². The molecule has 20 heteroatoms. The minimum Gasteiger partial charge on any atom is -0.477 e. The topological polar surface area (TPSA) is 190 Å². The van der Waals surface area contributed by atoms with Crippen LogP contribution in [-0.4, -0.2) is 96.4 Å². The zero-order valence-electron chi connectivity index (χ0n) is 16.8. The number of β-lactam (4-membered cyclic amide) rings is 1. The standard InChI is InChI=1S/C14H16F3N7O6S4/c15-14(16,17)33-5-7(25)19-8-10(26)24-9(12(27)28)6(3-31-11(8)24)4-32-13-20-21-22-23(13)1-2-34(18,29)30/h8,11H,1-5H2,(H,19,25)(H,27,28)(H2,18,29,30). The number of fused-ring (bicyclic) bond motifs is 1. The summed E-state index contributed by atoms with van der Waals surface area (Å²) >= 11 is 1.63. The first-order valence-corrected chi connectivity index (χ1v) is 13.8. The Morgan fingerprint density at radius 3 is 2.68 bits per heavy atom. The quantitative estimate of drug-likeness (QED) is 0.234. The number of thioether (sulfide) groups is 3. The van der Waals surface area contributed by atoms with Crippen LogP contribution in [0.4, 0.5) is 13.2 Å². The van der Waals surface area contributed by atoms with Crippen molar-refractivity contribution in [2.24, 2.45) is 5.14 Å². The van der Waals surface area contributed by atoms with Crippen LogP contribution in [0.5, 0.6) is 0 Å². The van der Waals surface area contributed by atoms with Crippen LogP contribution in [0.25, 0.3) is 0 Å². The smallest absolute Gasteiger partial charge is 0.442 e. The van der Waals surface area contributed by atoms with Crippen LogP contribution < -0.4 is 10.5 Å². The Bertz CT molecular complexity index is 1130. The number of nitrogens with two attached hydrogens (primary N) is 1. The number of rotatable bonds is 10. The minimum atomic E-state index is -4.60. The molecule has 2 amide bonds. The minimum absolute atomic E-state index is 0.0557. The van der Waals surface area contributed by atoms with Gasteiger partial charge in [0.1, 0.15) is 17.1 Å².